The maximum absolute atomic E-state index is 10.9. The van der Waals surface area contributed by atoms with Gasteiger partial charge in [-0.15, -0.1) is 9.45 Å². The SMILES string of the molecule is O=C(CCOC1CS(=S)CC1OCCC(=O)NO)NO. The number of nitrogens with one attached hydrogen (secondary N) is 2. The van der Waals surface area contributed by atoms with E-state index in [4.69, 9.17) is 31.1 Å². The fourth-order valence-electron chi connectivity index (χ4n) is 1.68. The second-order valence-electron chi connectivity index (χ2n) is 4.16. The quantitative estimate of drug-likeness (QED) is 0.321. The van der Waals surface area contributed by atoms with Crippen LogP contribution in [0, 0.1) is 0 Å². The number of ether oxygens (including phenoxy) is 2. The van der Waals surface area contributed by atoms with Crippen molar-refractivity contribution in [2.75, 3.05) is 24.7 Å². The zero-order valence-corrected chi connectivity index (χ0v) is 12.4. The van der Waals surface area contributed by atoms with Crippen molar-refractivity contribution in [1.82, 2.24) is 11.0 Å². The minimum atomic E-state index is -0.516. The van der Waals surface area contributed by atoms with E-state index in [2.05, 4.69) is 0 Å². The number of carbonyl (C=O) groups excluding carboxylic acids is 2. The Morgan fingerprint density at radius 1 is 1.05 bits per heavy atom. The van der Waals surface area contributed by atoms with Crippen LogP contribution in [0.25, 0.3) is 0 Å². The number of rotatable bonds is 8. The summed E-state index contributed by atoms with van der Waals surface area (Å²) in [4.78, 5) is 21.7. The van der Waals surface area contributed by atoms with Crippen LogP contribution in [0.1, 0.15) is 12.8 Å². The Labute approximate surface area is 123 Å². The van der Waals surface area contributed by atoms with Crippen molar-refractivity contribution in [3.63, 3.8) is 0 Å². The fraction of sp³-hybridized carbons (Fsp3) is 0.800. The van der Waals surface area contributed by atoms with Crippen molar-refractivity contribution in [1.29, 1.82) is 0 Å². The van der Waals surface area contributed by atoms with Crippen LogP contribution in [0.5, 0.6) is 0 Å². The Morgan fingerprint density at radius 3 is 1.80 bits per heavy atom. The van der Waals surface area contributed by atoms with Crippen molar-refractivity contribution in [3.8, 4) is 0 Å². The number of hydrogen-bond acceptors (Lipinski definition) is 7. The molecule has 0 aliphatic carbocycles. The first-order valence-corrected chi connectivity index (χ1v) is 8.49. The third-order valence-electron chi connectivity index (χ3n) is 2.69. The first kappa shape index (κ1) is 17.4. The lowest BCUT2D eigenvalue weighted by atomic mass is 10.2. The second-order valence-corrected chi connectivity index (χ2v) is 7.12. The molecule has 1 saturated heterocycles. The largest absolute Gasteiger partial charge is 0.374 e. The lowest BCUT2D eigenvalue weighted by Crippen LogP contribution is -2.32. The van der Waals surface area contributed by atoms with Crippen LogP contribution in [-0.2, 0) is 39.7 Å². The minimum Gasteiger partial charge on any atom is -0.374 e. The molecule has 4 N–H and O–H groups in total. The molecule has 0 radical (unpaired) electrons. The normalized spacial score (nSPS) is 25.4. The molecule has 0 saturated carbocycles. The monoisotopic (exact) mass is 326 g/mol. The van der Waals surface area contributed by atoms with Crippen LogP contribution < -0.4 is 11.0 Å². The molecule has 116 valence electrons. The fourth-order valence-corrected chi connectivity index (χ4v) is 3.97. The standard InChI is InChI=1S/C10H18N2O6S2/c13-9(11-15)1-3-17-7-5-20(19)6-8(7)18-4-2-10(14)12-16/h7-8,15-16H,1-6H2,(H,11,13)(H,12,14). The van der Waals surface area contributed by atoms with Gasteiger partial charge in [-0.25, -0.2) is 11.0 Å². The summed E-state index contributed by atoms with van der Waals surface area (Å²) in [6.07, 6.45) is -0.311. The van der Waals surface area contributed by atoms with Gasteiger partial charge in [-0.1, -0.05) is 11.2 Å². The summed E-state index contributed by atoms with van der Waals surface area (Å²) in [6, 6.07) is 0. The molecule has 2 unspecified atom stereocenters. The lowest BCUT2D eigenvalue weighted by Gasteiger charge is -2.19. The summed E-state index contributed by atoms with van der Waals surface area (Å²) < 4.78 is 11.1. The van der Waals surface area contributed by atoms with Gasteiger partial charge in [0.25, 0.3) is 0 Å². The molecule has 0 bridgehead atoms. The molecule has 2 atom stereocenters. The molecule has 1 fully saturated rings. The van der Waals surface area contributed by atoms with E-state index < -0.39 is 11.8 Å². The van der Waals surface area contributed by atoms with Crippen molar-refractivity contribution in [2.45, 2.75) is 25.0 Å². The molecule has 20 heavy (non-hydrogen) atoms. The van der Waals surface area contributed by atoms with Crippen LogP contribution in [0.3, 0.4) is 0 Å². The smallest absolute Gasteiger partial charge is 0.245 e. The molecule has 1 aliphatic heterocycles. The van der Waals surface area contributed by atoms with Gasteiger partial charge in [-0.3, -0.25) is 20.0 Å². The van der Waals surface area contributed by atoms with Crippen LogP contribution in [0.4, 0.5) is 0 Å². The Kier molecular flexibility index (Phi) is 8.11. The van der Waals surface area contributed by atoms with Crippen LogP contribution in [-0.4, -0.2) is 59.2 Å². The highest BCUT2D eigenvalue weighted by molar-refractivity contribution is 8.29. The first-order chi connectivity index (χ1) is 9.56. The molecule has 8 nitrogen and oxygen atoms in total. The Balaban J connectivity index is 2.30. The van der Waals surface area contributed by atoms with Gasteiger partial charge in [0.1, 0.15) is 0 Å². The summed E-state index contributed by atoms with van der Waals surface area (Å²) in [5, 5.41) is 16.7. The Bertz CT molecular complexity index is 336. The maximum atomic E-state index is 10.9. The zero-order valence-electron chi connectivity index (χ0n) is 10.7. The molecule has 10 heteroatoms. The predicted octanol–water partition coefficient (Wildman–Crippen LogP) is -1.36. The van der Waals surface area contributed by atoms with Crippen LogP contribution in [0.15, 0.2) is 0 Å². The summed E-state index contributed by atoms with van der Waals surface area (Å²) in [6.45, 7) is 0.334. The number of hydrogen-bond donors (Lipinski definition) is 4. The van der Waals surface area contributed by atoms with Gasteiger partial charge in [-0.2, -0.15) is 0 Å². The van der Waals surface area contributed by atoms with Gasteiger partial charge in [-0.05, 0) is 0 Å². The molecular formula is C10H18N2O6S2. The molecule has 0 spiro atoms. The number of carbonyl (C=O) groups is 2. The van der Waals surface area contributed by atoms with E-state index in [-0.39, 0.29) is 47.7 Å². The second kappa shape index (κ2) is 9.32. The van der Waals surface area contributed by atoms with Crippen molar-refractivity contribution < 1.29 is 29.5 Å². The van der Waals surface area contributed by atoms with E-state index in [9.17, 15) is 9.59 Å². The van der Waals surface area contributed by atoms with Gasteiger partial charge >= 0.3 is 0 Å². The van der Waals surface area contributed by atoms with Crippen molar-refractivity contribution in [2.24, 2.45) is 0 Å². The van der Waals surface area contributed by atoms with E-state index in [1.807, 2.05) is 0 Å². The molecule has 1 heterocycles. The molecule has 0 aromatic rings. The number of hydroxylamine groups is 2. The van der Waals surface area contributed by atoms with Gasteiger partial charge < -0.3 is 9.47 Å². The predicted molar refractivity (Wildman–Crippen MR) is 73.0 cm³/mol. The summed E-state index contributed by atoms with van der Waals surface area (Å²) in [5.74, 6) is 0.315. The Hall–Kier alpha value is -0.650. The van der Waals surface area contributed by atoms with Crippen molar-refractivity contribution in [3.05, 3.63) is 0 Å². The third-order valence-corrected chi connectivity index (χ3v) is 4.90. The molecule has 0 aromatic carbocycles. The highest BCUT2D eigenvalue weighted by atomic mass is 32.8. The Morgan fingerprint density at radius 2 is 1.45 bits per heavy atom. The average molecular weight is 326 g/mol. The highest BCUT2D eigenvalue weighted by Crippen LogP contribution is 2.17. The van der Waals surface area contributed by atoms with E-state index in [0.717, 1.165) is 0 Å². The number of amides is 2. The molecule has 0 aromatic heterocycles. The summed E-state index contributed by atoms with van der Waals surface area (Å²) in [7, 11) is -0.231. The topological polar surface area (TPSA) is 117 Å². The molecular weight excluding hydrogens is 308 g/mol. The van der Waals surface area contributed by atoms with Crippen LogP contribution >= 0.6 is 0 Å². The van der Waals surface area contributed by atoms with Gasteiger partial charge in [0, 0.05) is 11.5 Å². The third kappa shape index (κ3) is 6.20. The van der Waals surface area contributed by atoms with E-state index >= 15 is 0 Å². The minimum absolute atomic E-state index is 0.0534. The van der Waals surface area contributed by atoms with Gasteiger partial charge in [0.15, 0.2) is 0 Å². The first-order valence-electron chi connectivity index (χ1n) is 6.01. The summed E-state index contributed by atoms with van der Waals surface area (Å²) >= 11 is 5.24. The lowest BCUT2D eigenvalue weighted by molar-refractivity contribution is -0.133. The van der Waals surface area contributed by atoms with E-state index in [1.54, 1.807) is 0 Å². The molecule has 1 rings (SSSR count). The molecule has 1 aliphatic rings. The summed E-state index contributed by atoms with van der Waals surface area (Å²) in [5.41, 5.74) is 3.05. The van der Waals surface area contributed by atoms with Crippen molar-refractivity contribution >= 4 is 32.5 Å². The van der Waals surface area contributed by atoms with Crippen LogP contribution in [0.2, 0.25) is 0 Å². The van der Waals surface area contributed by atoms with E-state index in [0.29, 0.717) is 11.5 Å². The average Bonchev–Trinajstić information content (AvgIpc) is 2.78. The molecule has 2 amide bonds. The van der Waals surface area contributed by atoms with E-state index in [1.165, 1.54) is 11.0 Å². The van der Waals surface area contributed by atoms with Gasteiger partial charge in [0.05, 0.1) is 38.3 Å². The van der Waals surface area contributed by atoms with Gasteiger partial charge in [0.2, 0.25) is 11.8 Å². The highest BCUT2D eigenvalue weighted by Gasteiger charge is 2.31. The maximum Gasteiger partial charge on any atom is 0.245 e. The zero-order chi connectivity index (χ0) is 15.0.